The molecule has 0 atom stereocenters. The number of nitrogens with one attached hydrogen (secondary N) is 3. The summed E-state index contributed by atoms with van der Waals surface area (Å²) < 4.78 is 31.8. The Morgan fingerprint density at radius 1 is 0.853 bits per heavy atom. The molecule has 182 valence electrons. The number of carbonyl (C=O) groups excluding carboxylic acids is 2. The van der Waals surface area contributed by atoms with Gasteiger partial charge in [-0.3, -0.25) is 9.59 Å². The first-order valence-corrected chi connectivity index (χ1v) is 9.94. The molecular weight excluding hydrogens is 442 g/mol. The van der Waals surface area contributed by atoms with Crippen molar-refractivity contribution in [1.29, 1.82) is 0 Å². The quantitative estimate of drug-likeness (QED) is 0.402. The number of nitrogen functional groups attached to an aromatic ring is 1. The second-order valence-electron chi connectivity index (χ2n) is 6.79. The van der Waals surface area contributed by atoms with Gasteiger partial charge in [0, 0.05) is 32.0 Å². The van der Waals surface area contributed by atoms with Crippen LogP contribution in [-0.4, -0.2) is 33.0 Å². The van der Waals surface area contributed by atoms with Crippen LogP contribution in [0.1, 0.15) is 33.7 Å². The summed E-state index contributed by atoms with van der Waals surface area (Å²) in [5.74, 6) is -1.25. The molecule has 0 aliphatic carbocycles. The van der Waals surface area contributed by atoms with Crippen LogP contribution in [0.4, 0.5) is 20.2 Å². The highest BCUT2D eigenvalue weighted by molar-refractivity contribution is 5.95. The fourth-order valence-corrected chi connectivity index (χ4v) is 2.74. The highest BCUT2D eigenvalue weighted by Crippen LogP contribution is 2.17. The number of amides is 2. The van der Waals surface area contributed by atoms with E-state index in [0.717, 1.165) is 17.4 Å². The average molecular weight is 473 g/mol. The summed E-state index contributed by atoms with van der Waals surface area (Å²) in [6.45, 7) is 0.558. The van der Waals surface area contributed by atoms with E-state index in [2.05, 4.69) is 16.0 Å². The fourth-order valence-electron chi connectivity index (χ4n) is 2.74. The Morgan fingerprint density at radius 2 is 1.38 bits per heavy atom. The lowest BCUT2D eigenvalue weighted by Crippen LogP contribution is -2.19. The van der Waals surface area contributed by atoms with Crippen LogP contribution >= 0.6 is 0 Å². The van der Waals surface area contributed by atoms with Gasteiger partial charge in [0.1, 0.15) is 17.4 Å². The van der Waals surface area contributed by atoms with E-state index < -0.39 is 23.4 Å². The van der Waals surface area contributed by atoms with E-state index in [9.17, 15) is 18.4 Å². The Morgan fingerprint density at radius 3 is 1.85 bits per heavy atom. The summed E-state index contributed by atoms with van der Waals surface area (Å²) in [5, 5.41) is 7.83. The highest BCUT2D eigenvalue weighted by Gasteiger charge is 2.10. The topological polar surface area (TPSA) is 105 Å². The van der Waals surface area contributed by atoms with Gasteiger partial charge in [0.25, 0.3) is 11.8 Å². The van der Waals surface area contributed by atoms with Crippen molar-refractivity contribution in [2.24, 2.45) is 0 Å². The van der Waals surface area contributed by atoms with Gasteiger partial charge < -0.3 is 26.4 Å². The maximum absolute atomic E-state index is 13.8. The van der Waals surface area contributed by atoms with Gasteiger partial charge in [-0.25, -0.2) is 8.78 Å². The maximum Gasteiger partial charge on any atom is 0.253 e. The number of carbonyl (C=O) groups is 2. The fraction of sp³-hybridized carbons (Fsp3) is 0.200. The van der Waals surface area contributed by atoms with Crippen molar-refractivity contribution in [3.8, 4) is 5.75 Å². The van der Waals surface area contributed by atoms with Crippen molar-refractivity contribution in [3.63, 3.8) is 0 Å². The lowest BCUT2D eigenvalue weighted by atomic mass is 10.1. The molecular formula is C25H30F2N4O3. The molecule has 0 saturated carbocycles. The Bertz CT molecular complexity index is 1110. The highest BCUT2D eigenvalue weighted by atomic mass is 19.1. The molecule has 0 spiro atoms. The summed E-state index contributed by atoms with van der Waals surface area (Å²) in [6.07, 6.45) is 0. The predicted octanol–water partition coefficient (Wildman–Crippen LogP) is 4.21. The molecule has 0 fully saturated rings. The third-order valence-corrected chi connectivity index (χ3v) is 4.56. The molecule has 0 radical (unpaired) electrons. The van der Waals surface area contributed by atoms with Crippen LogP contribution in [0, 0.1) is 11.6 Å². The van der Waals surface area contributed by atoms with E-state index in [1.54, 1.807) is 13.2 Å². The molecule has 0 aliphatic heterocycles. The van der Waals surface area contributed by atoms with Gasteiger partial charge in [0.15, 0.2) is 0 Å². The standard InChI is InChI=1S/C16H17FN2O2.C8H9FN2O.CH4/c1-18-16(20)14-8-5-12(9-15(14)17)19-10-11-3-6-13(21-2)7-4-11;1-11-8(12)6-3-2-5(10)4-7(6)9;/h3-9,19H,10H2,1-2H3,(H,18,20);2-4H,10H2,1H3,(H,11,12);1H4. The second kappa shape index (κ2) is 13.4. The maximum atomic E-state index is 13.8. The molecule has 0 saturated heterocycles. The number of hydrogen-bond acceptors (Lipinski definition) is 5. The zero-order valence-corrected chi connectivity index (χ0v) is 18.5. The van der Waals surface area contributed by atoms with Crippen LogP contribution in [-0.2, 0) is 6.54 Å². The predicted molar refractivity (Wildman–Crippen MR) is 131 cm³/mol. The van der Waals surface area contributed by atoms with Gasteiger partial charge in [-0.05, 0) is 54.1 Å². The van der Waals surface area contributed by atoms with Crippen molar-refractivity contribution in [1.82, 2.24) is 10.6 Å². The Kier molecular flexibility index (Phi) is 11.0. The molecule has 3 rings (SSSR count). The first kappa shape index (κ1) is 27.9. The summed E-state index contributed by atoms with van der Waals surface area (Å²) in [6, 6.07) is 16.0. The van der Waals surface area contributed by atoms with Crippen molar-refractivity contribution < 1.29 is 23.1 Å². The van der Waals surface area contributed by atoms with Crippen LogP contribution in [0.5, 0.6) is 5.75 Å². The molecule has 7 nitrogen and oxygen atoms in total. The molecule has 0 heterocycles. The molecule has 0 aliphatic rings. The van der Waals surface area contributed by atoms with Gasteiger partial charge in [-0.1, -0.05) is 19.6 Å². The average Bonchev–Trinajstić information content (AvgIpc) is 2.82. The van der Waals surface area contributed by atoms with Crippen LogP contribution < -0.4 is 26.4 Å². The van der Waals surface area contributed by atoms with Gasteiger partial charge in [-0.2, -0.15) is 0 Å². The van der Waals surface area contributed by atoms with Gasteiger partial charge in [-0.15, -0.1) is 0 Å². The Labute approximate surface area is 198 Å². The number of hydrogen-bond donors (Lipinski definition) is 4. The van der Waals surface area contributed by atoms with Gasteiger partial charge in [0.05, 0.1) is 18.2 Å². The number of rotatable bonds is 6. The first-order chi connectivity index (χ1) is 15.8. The van der Waals surface area contributed by atoms with E-state index in [1.807, 2.05) is 24.3 Å². The van der Waals surface area contributed by atoms with E-state index in [0.29, 0.717) is 17.9 Å². The number of nitrogens with two attached hydrogens (primary N) is 1. The van der Waals surface area contributed by atoms with E-state index in [-0.39, 0.29) is 18.6 Å². The van der Waals surface area contributed by atoms with Crippen molar-refractivity contribution >= 4 is 23.2 Å². The lowest BCUT2D eigenvalue weighted by molar-refractivity contribution is 0.0950. The molecule has 3 aromatic carbocycles. The SMILES string of the molecule is C.CNC(=O)c1ccc(N)cc1F.CNC(=O)c1ccc(NCc2ccc(OC)cc2)cc1F. The number of methoxy groups -OCH3 is 1. The van der Waals surface area contributed by atoms with Crippen molar-refractivity contribution in [3.05, 3.63) is 89.0 Å². The van der Waals surface area contributed by atoms with E-state index >= 15 is 0 Å². The summed E-state index contributed by atoms with van der Waals surface area (Å²) >= 11 is 0. The van der Waals surface area contributed by atoms with Crippen LogP contribution in [0.2, 0.25) is 0 Å². The molecule has 0 bridgehead atoms. The molecule has 5 N–H and O–H groups in total. The molecule has 0 aromatic heterocycles. The van der Waals surface area contributed by atoms with Crippen molar-refractivity contribution in [2.75, 3.05) is 32.3 Å². The number of ether oxygens (including phenoxy) is 1. The Hall–Kier alpha value is -4.14. The van der Waals surface area contributed by atoms with Crippen LogP contribution in [0.3, 0.4) is 0 Å². The molecule has 0 unspecified atom stereocenters. The zero-order chi connectivity index (χ0) is 24.4. The molecule has 9 heteroatoms. The normalized spacial score (nSPS) is 9.56. The first-order valence-electron chi connectivity index (χ1n) is 9.94. The summed E-state index contributed by atoms with van der Waals surface area (Å²) in [4.78, 5) is 22.4. The minimum atomic E-state index is -0.602. The largest absolute Gasteiger partial charge is 0.497 e. The summed E-state index contributed by atoms with van der Waals surface area (Å²) in [5.41, 5.74) is 7.31. The van der Waals surface area contributed by atoms with Crippen LogP contribution in [0.15, 0.2) is 60.7 Å². The third-order valence-electron chi connectivity index (χ3n) is 4.56. The Balaban J connectivity index is 0.000000380. The van der Waals surface area contributed by atoms with Gasteiger partial charge in [0.2, 0.25) is 0 Å². The monoisotopic (exact) mass is 472 g/mol. The number of anilines is 2. The number of benzene rings is 3. The van der Waals surface area contributed by atoms with Gasteiger partial charge >= 0.3 is 0 Å². The van der Waals surface area contributed by atoms with Crippen LogP contribution in [0.25, 0.3) is 0 Å². The molecule has 2 amide bonds. The lowest BCUT2D eigenvalue weighted by Gasteiger charge is -2.09. The van der Waals surface area contributed by atoms with E-state index in [4.69, 9.17) is 10.5 Å². The zero-order valence-electron chi connectivity index (χ0n) is 18.5. The minimum absolute atomic E-state index is 0. The van der Waals surface area contributed by atoms with E-state index in [1.165, 1.54) is 38.4 Å². The number of halogens is 2. The smallest absolute Gasteiger partial charge is 0.253 e. The molecule has 3 aromatic rings. The third kappa shape index (κ3) is 7.77. The second-order valence-corrected chi connectivity index (χ2v) is 6.79. The molecule has 34 heavy (non-hydrogen) atoms. The van der Waals surface area contributed by atoms with Crippen molar-refractivity contribution in [2.45, 2.75) is 14.0 Å². The summed E-state index contributed by atoms with van der Waals surface area (Å²) in [7, 11) is 4.53. The minimum Gasteiger partial charge on any atom is -0.497 e.